The highest BCUT2D eigenvalue weighted by Crippen LogP contribution is 2.33. The van der Waals surface area contributed by atoms with Gasteiger partial charge in [0.05, 0.1) is 0 Å². The molecule has 3 heteroatoms. The third-order valence-corrected chi connectivity index (χ3v) is 4.72. The van der Waals surface area contributed by atoms with Gasteiger partial charge in [-0.15, -0.1) is 11.3 Å². The average molecular weight is 273 g/mol. The van der Waals surface area contributed by atoms with Crippen LogP contribution in [0, 0.1) is 0 Å². The maximum Gasteiger partial charge on any atom is 0.0488 e. The van der Waals surface area contributed by atoms with Crippen LogP contribution in [0.1, 0.15) is 4.88 Å². The van der Waals surface area contributed by atoms with Crippen molar-refractivity contribution in [1.82, 2.24) is 0 Å². The van der Waals surface area contributed by atoms with Crippen molar-refractivity contribution in [3.8, 4) is 0 Å². The molecule has 2 rings (SSSR count). The molecule has 0 aliphatic heterocycles. The Hall–Kier alpha value is 0.01000. The number of fused-ring (bicyclic) bond motifs is 1. The van der Waals surface area contributed by atoms with E-state index in [9.17, 15) is 0 Å². The number of hydrogen-bond donors (Lipinski definition) is 0. The molecule has 0 bridgehead atoms. The molecule has 2 aromatic rings. The van der Waals surface area contributed by atoms with Gasteiger partial charge in [0, 0.05) is 19.8 Å². The van der Waals surface area contributed by atoms with Gasteiger partial charge in [0.25, 0.3) is 0 Å². The first-order valence-electron chi connectivity index (χ1n) is 3.97. The van der Waals surface area contributed by atoms with Gasteiger partial charge < -0.3 is 0 Å². The fourth-order valence-corrected chi connectivity index (χ4v) is 3.73. The minimum Gasteiger partial charge on any atom is -0.160 e. The highest BCUT2D eigenvalue weighted by Gasteiger charge is 2.03. The van der Waals surface area contributed by atoms with Crippen LogP contribution >= 0.6 is 39.0 Å². The Morgan fingerprint density at radius 3 is 3.00 bits per heavy atom. The van der Waals surface area contributed by atoms with Crippen LogP contribution in [0.15, 0.2) is 28.7 Å². The first-order valence-corrected chi connectivity index (χ1v) is 6.97. The van der Waals surface area contributed by atoms with Gasteiger partial charge in [-0.1, -0.05) is 12.1 Å². The highest BCUT2D eigenvalue weighted by molar-refractivity contribution is 9.10. The normalized spacial score (nSPS) is 10.9. The van der Waals surface area contributed by atoms with Crippen molar-refractivity contribution in [2.45, 2.75) is 5.75 Å². The summed E-state index contributed by atoms with van der Waals surface area (Å²) in [6.45, 7) is 0. The zero-order valence-corrected chi connectivity index (χ0v) is 10.4. The molecule has 0 spiro atoms. The number of hydrogen-bond acceptors (Lipinski definition) is 2. The largest absolute Gasteiger partial charge is 0.160 e. The van der Waals surface area contributed by atoms with E-state index in [-0.39, 0.29) is 0 Å². The summed E-state index contributed by atoms with van der Waals surface area (Å²) in [5, 5.41) is 1.35. The van der Waals surface area contributed by atoms with Crippen LogP contribution in [0.3, 0.4) is 0 Å². The Balaban J connectivity index is 2.55. The minimum absolute atomic E-state index is 1.12. The maximum atomic E-state index is 3.56. The third kappa shape index (κ3) is 1.92. The molecule has 1 aromatic carbocycles. The fourth-order valence-electron chi connectivity index (χ4n) is 1.29. The Morgan fingerprint density at radius 2 is 2.31 bits per heavy atom. The van der Waals surface area contributed by atoms with E-state index >= 15 is 0 Å². The summed E-state index contributed by atoms with van der Waals surface area (Å²) < 4.78 is 2.58. The van der Waals surface area contributed by atoms with E-state index in [2.05, 4.69) is 46.5 Å². The predicted molar refractivity (Wildman–Crippen MR) is 66.7 cm³/mol. The lowest BCUT2D eigenvalue weighted by Crippen LogP contribution is -1.66. The lowest BCUT2D eigenvalue weighted by molar-refractivity contribution is 1.56. The van der Waals surface area contributed by atoms with Crippen molar-refractivity contribution >= 4 is 49.1 Å². The molecule has 13 heavy (non-hydrogen) atoms. The van der Waals surface area contributed by atoms with Gasteiger partial charge >= 0.3 is 0 Å². The molecule has 68 valence electrons. The van der Waals surface area contributed by atoms with Gasteiger partial charge in [-0.3, -0.25) is 0 Å². The quantitative estimate of drug-likeness (QED) is 0.774. The molecule has 0 nitrogen and oxygen atoms in total. The van der Waals surface area contributed by atoms with Crippen molar-refractivity contribution in [3.63, 3.8) is 0 Å². The average Bonchev–Trinajstić information content (AvgIpc) is 2.49. The summed E-state index contributed by atoms with van der Waals surface area (Å²) in [5.74, 6) is 1.12. The SMILES string of the molecule is CSCc1cc2cccc(Br)c2s1. The van der Waals surface area contributed by atoms with Crippen LogP contribution in [-0.4, -0.2) is 6.26 Å². The molecule has 0 aliphatic rings. The lowest BCUT2D eigenvalue weighted by Gasteiger charge is -1.90. The van der Waals surface area contributed by atoms with Gasteiger partial charge in [0.2, 0.25) is 0 Å². The molecule has 1 aromatic heterocycles. The molecule has 0 saturated carbocycles. The molecule has 0 atom stereocenters. The first-order chi connectivity index (χ1) is 6.31. The van der Waals surface area contributed by atoms with Crippen LogP contribution in [0.5, 0.6) is 0 Å². The summed E-state index contributed by atoms with van der Waals surface area (Å²) in [6.07, 6.45) is 2.14. The summed E-state index contributed by atoms with van der Waals surface area (Å²) >= 11 is 7.32. The number of thioether (sulfide) groups is 1. The molecule has 0 aliphatic carbocycles. The van der Waals surface area contributed by atoms with Crippen LogP contribution in [0.2, 0.25) is 0 Å². The van der Waals surface area contributed by atoms with Crippen LogP contribution in [0.4, 0.5) is 0 Å². The van der Waals surface area contributed by atoms with E-state index in [0.29, 0.717) is 0 Å². The van der Waals surface area contributed by atoms with Gasteiger partial charge in [-0.05, 0) is 39.7 Å². The van der Waals surface area contributed by atoms with Crippen LogP contribution in [-0.2, 0) is 5.75 Å². The second kappa shape index (κ2) is 4.03. The second-order valence-electron chi connectivity index (χ2n) is 2.80. The molecular weight excluding hydrogens is 264 g/mol. The topological polar surface area (TPSA) is 0 Å². The molecular formula is C10H9BrS2. The summed E-state index contributed by atoms with van der Waals surface area (Å²) in [6, 6.07) is 8.63. The zero-order chi connectivity index (χ0) is 9.26. The Morgan fingerprint density at radius 1 is 1.46 bits per heavy atom. The lowest BCUT2D eigenvalue weighted by atomic mass is 10.2. The Labute approximate surface area is 94.5 Å². The number of halogens is 1. The van der Waals surface area contributed by atoms with Gasteiger partial charge in [0.15, 0.2) is 0 Å². The smallest absolute Gasteiger partial charge is 0.0488 e. The Kier molecular flexibility index (Phi) is 2.96. The van der Waals surface area contributed by atoms with Gasteiger partial charge in [-0.2, -0.15) is 11.8 Å². The van der Waals surface area contributed by atoms with E-state index in [1.807, 2.05) is 23.1 Å². The predicted octanol–water partition coefficient (Wildman–Crippen LogP) is 4.53. The molecule has 0 amide bonds. The molecule has 0 N–H and O–H groups in total. The van der Waals surface area contributed by atoms with Crippen molar-refractivity contribution in [1.29, 1.82) is 0 Å². The summed E-state index contributed by atoms with van der Waals surface area (Å²) in [4.78, 5) is 1.45. The maximum absolute atomic E-state index is 3.56. The number of thiophene rings is 1. The Bertz CT molecular complexity index is 420. The number of benzene rings is 1. The van der Waals surface area contributed by atoms with E-state index in [0.717, 1.165) is 5.75 Å². The standard InChI is InChI=1S/C10H9BrS2/c1-12-6-8-5-7-3-2-4-9(11)10(7)13-8/h2-5H,6H2,1H3. The molecule has 1 heterocycles. The van der Waals surface area contributed by atoms with Crippen molar-refractivity contribution in [2.24, 2.45) is 0 Å². The molecule has 0 fully saturated rings. The van der Waals surface area contributed by atoms with Crippen molar-refractivity contribution < 1.29 is 0 Å². The van der Waals surface area contributed by atoms with Crippen LogP contribution < -0.4 is 0 Å². The van der Waals surface area contributed by atoms with E-state index < -0.39 is 0 Å². The third-order valence-electron chi connectivity index (χ3n) is 1.83. The van der Waals surface area contributed by atoms with Gasteiger partial charge in [-0.25, -0.2) is 0 Å². The molecule has 0 unspecified atom stereocenters. The van der Waals surface area contributed by atoms with Crippen LogP contribution in [0.25, 0.3) is 10.1 Å². The molecule has 0 saturated heterocycles. The molecule has 0 radical (unpaired) electrons. The van der Waals surface area contributed by atoms with Crippen molar-refractivity contribution in [3.05, 3.63) is 33.6 Å². The van der Waals surface area contributed by atoms with E-state index in [1.165, 1.54) is 19.4 Å². The fraction of sp³-hybridized carbons (Fsp3) is 0.200. The second-order valence-corrected chi connectivity index (χ2v) is 5.66. The highest BCUT2D eigenvalue weighted by atomic mass is 79.9. The van der Waals surface area contributed by atoms with E-state index in [1.54, 1.807) is 0 Å². The minimum atomic E-state index is 1.12. The van der Waals surface area contributed by atoms with E-state index in [4.69, 9.17) is 0 Å². The van der Waals surface area contributed by atoms with Gasteiger partial charge in [0.1, 0.15) is 0 Å². The zero-order valence-electron chi connectivity index (χ0n) is 7.21. The van der Waals surface area contributed by atoms with Crippen molar-refractivity contribution in [2.75, 3.05) is 6.26 Å². The first kappa shape index (κ1) is 9.56. The summed E-state index contributed by atoms with van der Waals surface area (Å²) in [5.41, 5.74) is 0. The monoisotopic (exact) mass is 272 g/mol. The summed E-state index contributed by atoms with van der Waals surface area (Å²) in [7, 11) is 0. The number of rotatable bonds is 2.